The maximum atomic E-state index is 8.91. The number of hydrogen-bond acceptors (Lipinski definition) is 5. The molecule has 0 aliphatic heterocycles. The molecule has 0 aliphatic carbocycles. The molecular weight excluding hydrogens is 270 g/mol. The van der Waals surface area contributed by atoms with Crippen LogP contribution in [0.3, 0.4) is 0 Å². The van der Waals surface area contributed by atoms with Crippen molar-refractivity contribution < 1.29 is 9.94 Å². The minimum absolute atomic E-state index is 0.0736. The molecule has 0 amide bonds. The normalized spacial score (nSPS) is 11.8. The first kappa shape index (κ1) is 12.9. The number of ether oxygens (including phenoxy) is 1. The van der Waals surface area contributed by atoms with E-state index in [1.807, 2.05) is 31.2 Å². The predicted molar refractivity (Wildman–Crippen MR) is 77.7 cm³/mol. The lowest BCUT2D eigenvalue weighted by atomic mass is 10.1. The standard InChI is InChI=1S/C14H13N5O2/c1-8-6-12(18-17-8)21-14-10(13(15)19-20)7-9-4-2-3-5-11(9)16-14/h2-7,20H,1H3,(H2,15,19)(H,17,18). The van der Waals surface area contributed by atoms with Gasteiger partial charge in [-0.3, -0.25) is 5.10 Å². The Bertz CT molecular complexity index is 825. The summed E-state index contributed by atoms with van der Waals surface area (Å²) < 4.78 is 5.64. The van der Waals surface area contributed by atoms with Crippen LogP contribution in [0.4, 0.5) is 0 Å². The summed E-state index contributed by atoms with van der Waals surface area (Å²) in [5.74, 6) is 0.522. The number of nitrogens with two attached hydrogens (primary N) is 1. The highest BCUT2D eigenvalue weighted by Gasteiger charge is 2.14. The molecule has 7 heteroatoms. The molecule has 0 atom stereocenters. The Labute approximate surface area is 120 Å². The maximum absolute atomic E-state index is 8.91. The van der Waals surface area contributed by atoms with Gasteiger partial charge in [-0.2, -0.15) is 0 Å². The largest absolute Gasteiger partial charge is 0.418 e. The Morgan fingerprint density at radius 1 is 1.33 bits per heavy atom. The Morgan fingerprint density at radius 2 is 2.14 bits per heavy atom. The van der Waals surface area contributed by atoms with Crippen LogP contribution in [0.25, 0.3) is 10.9 Å². The summed E-state index contributed by atoms with van der Waals surface area (Å²) in [4.78, 5) is 4.40. The first-order valence-corrected chi connectivity index (χ1v) is 6.25. The van der Waals surface area contributed by atoms with E-state index in [9.17, 15) is 0 Å². The number of nitrogens with one attached hydrogen (secondary N) is 1. The number of aromatic amines is 1. The summed E-state index contributed by atoms with van der Waals surface area (Å²) in [6.07, 6.45) is 0. The van der Waals surface area contributed by atoms with E-state index >= 15 is 0 Å². The van der Waals surface area contributed by atoms with Crippen LogP contribution in [-0.4, -0.2) is 26.2 Å². The number of aromatic nitrogens is 3. The first-order valence-electron chi connectivity index (χ1n) is 6.25. The van der Waals surface area contributed by atoms with Crippen LogP contribution in [0.5, 0.6) is 11.8 Å². The molecule has 2 heterocycles. The SMILES string of the molecule is Cc1cc(Oc2nc3ccccc3cc2/C(N)=N/O)n[nH]1. The summed E-state index contributed by atoms with van der Waals surface area (Å²) in [6.45, 7) is 1.86. The van der Waals surface area contributed by atoms with Crippen molar-refractivity contribution >= 4 is 16.7 Å². The number of amidine groups is 1. The smallest absolute Gasteiger partial charge is 0.240 e. The van der Waals surface area contributed by atoms with E-state index < -0.39 is 0 Å². The van der Waals surface area contributed by atoms with E-state index in [0.717, 1.165) is 16.6 Å². The number of aryl methyl sites for hydroxylation is 1. The zero-order valence-corrected chi connectivity index (χ0v) is 11.2. The molecule has 3 aromatic rings. The van der Waals surface area contributed by atoms with Crippen molar-refractivity contribution in [2.24, 2.45) is 10.9 Å². The lowest BCUT2D eigenvalue weighted by Gasteiger charge is -2.08. The van der Waals surface area contributed by atoms with E-state index in [2.05, 4.69) is 20.3 Å². The fraction of sp³-hybridized carbons (Fsp3) is 0.0714. The first-order chi connectivity index (χ1) is 10.2. The van der Waals surface area contributed by atoms with Crippen LogP contribution in [0.15, 0.2) is 41.6 Å². The van der Waals surface area contributed by atoms with Crippen LogP contribution in [0.1, 0.15) is 11.3 Å². The Balaban J connectivity index is 2.13. The topological polar surface area (TPSA) is 109 Å². The molecule has 4 N–H and O–H groups in total. The molecule has 0 fully saturated rings. The van der Waals surface area contributed by atoms with Crippen molar-refractivity contribution in [3.05, 3.63) is 47.7 Å². The van der Waals surface area contributed by atoms with Gasteiger partial charge >= 0.3 is 0 Å². The zero-order valence-electron chi connectivity index (χ0n) is 11.2. The Kier molecular flexibility index (Phi) is 3.15. The summed E-state index contributed by atoms with van der Waals surface area (Å²) >= 11 is 0. The molecule has 7 nitrogen and oxygen atoms in total. The van der Waals surface area contributed by atoms with Gasteiger partial charge in [-0.15, -0.1) is 5.10 Å². The van der Waals surface area contributed by atoms with Crippen molar-refractivity contribution in [3.63, 3.8) is 0 Å². The summed E-state index contributed by atoms with van der Waals surface area (Å²) in [7, 11) is 0. The Morgan fingerprint density at radius 3 is 2.86 bits per heavy atom. The minimum atomic E-state index is -0.0736. The van der Waals surface area contributed by atoms with Gasteiger partial charge in [0, 0.05) is 17.1 Å². The van der Waals surface area contributed by atoms with Gasteiger partial charge in [0.05, 0.1) is 11.1 Å². The van der Waals surface area contributed by atoms with Gasteiger partial charge in [-0.05, 0) is 19.1 Å². The minimum Gasteiger partial charge on any atom is -0.418 e. The molecule has 0 bridgehead atoms. The highest BCUT2D eigenvalue weighted by Crippen LogP contribution is 2.26. The van der Waals surface area contributed by atoms with Crippen molar-refractivity contribution in [2.75, 3.05) is 0 Å². The van der Waals surface area contributed by atoms with Crippen LogP contribution in [0, 0.1) is 6.92 Å². The second-order valence-electron chi connectivity index (χ2n) is 4.51. The summed E-state index contributed by atoms with van der Waals surface area (Å²) in [5.41, 5.74) is 7.70. The third kappa shape index (κ3) is 2.48. The lowest BCUT2D eigenvalue weighted by molar-refractivity contribution is 0.318. The molecule has 0 unspecified atom stereocenters. The maximum Gasteiger partial charge on any atom is 0.240 e. The number of oxime groups is 1. The molecule has 2 aromatic heterocycles. The molecule has 0 radical (unpaired) electrons. The molecule has 0 saturated carbocycles. The van der Waals surface area contributed by atoms with Crippen LogP contribution in [-0.2, 0) is 0 Å². The molecule has 0 spiro atoms. The van der Waals surface area contributed by atoms with E-state index in [1.54, 1.807) is 12.1 Å². The molecule has 0 saturated heterocycles. The number of fused-ring (bicyclic) bond motifs is 1. The number of nitrogens with zero attached hydrogens (tertiary/aromatic N) is 3. The summed E-state index contributed by atoms with van der Waals surface area (Å²) in [5, 5.41) is 19.6. The fourth-order valence-corrected chi connectivity index (χ4v) is 1.96. The number of para-hydroxylation sites is 1. The van der Waals surface area contributed by atoms with Gasteiger partial charge in [0.15, 0.2) is 5.84 Å². The molecule has 1 aromatic carbocycles. The third-order valence-corrected chi connectivity index (χ3v) is 2.96. The average molecular weight is 283 g/mol. The second kappa shape index (κ2) is 5.12. The predicted octanol–water partition coefficient (Wildman–Crippen LogP) is 2.15. The number of hydrogen-bond donors (Lipinski definition) is 3. The average Bonchev–Trinajstić information content (AvgIpc) is 2.91. The second-order valence-corrected chi connectivity index (χ2v) is 4.51. The highest BCUT2D eigenvalue weighted by atomic mass is 16.5. The van der Waals surface area contributed by atoms with Gasteiger partial charge in [0.2, 0.25) is 11.8 Å². The van der Waals surface area contributed by atoms with Gasteiger partial charge < -0.3 is 15.7 Å². The molecule has 3 rings (SSSR count). The van der Waals surface area contributed by atoms with Crippen molar-refractivity contribution in [1.82, 2.24) is 15.2 Å². The number of rotatable bonds is 3. The van der Waals surface area contributed by atoms with Gasteiger partial charge in [0.1, 0.15) is 0 Å². The van der Waals surface area contributed by atoms with Crippen LogP contribution >= 0.6 is 0 Å². The number of H-pyrrole nitrogens is 1. The van der Waals surface area contributed by atoms with Crippen LogP contribution in [0.2, 0.25) is 0 Å². The van der Waals surface area contributed by atoms with E-state index in [1.165, 1.54) is 0 Å². The molecule has 106 valence electrons. The number of pyridine rings is 1. The van der Waals surface area contributed by atoms with E-state index in [-0.39, 0.29) is 11.7 Å². The summed E-state index contributed by atoms with van der Waals surface area (Å²) in [6, 6.07) is 11.0. The van der Waals surface area contributed by atoms with Gasteiger partial charge in [-0.1, -0.05) is 23.4 Å². The molecular formula is C14H13N5O2. The van der Waals surface area contributed by atoms with E-state index in [4.69, 9.17) is 15.7 Å². The highest BCUT2D eigenvalue weighted by molar-refractivity contribution is 6.02. The van der Waals surface area contributed by atoms with E-state index in [0.29, 0.717) is 11.4 Å². The van der Waals surface area contributed by atoms with Gasteiger partial charge in [-0.25, -0.2) is 4.98 Å². The lowest BCUT2D eigenvalue weighted by Crippen LogP contribution is -2.15. The van der Waals surface area contributed by atoms with Crippen molar-refractivity contribution in [2.45, 2.75) is 6.92 Å². The zero-order chi connectivity index (χ0) is 14.8. The fourth-order valence-electron chi connectivity index (χ4n) is 1.96. The quantitative estimate of drug-likeness (QED) is 0.295. The molecule has 21 heavy (non-hydrogen) atoms. The Hall–Kier alpha value is -3.09. The third-order valence-electron chi connectivity index (χ3n) is 2.96. The molecule has 0 aliphatic rings. The van der Waals surface area contributed by atoms with Crippen LogP contribution < -0.4 is 10.5 Å². The van der Waals surface area contributed by atoms with Crippen molar-refractivity contribution in [1.29, 1.82) is 0 Å². The van der Waals surface area contributed by atoms with Crippen molar-refractivity contribution in [3.8, 4) is 11.8 Å². The monoisotopic (exact) mass is 283 g/mol. The number of benzene rings is 1. The van der Waals surface area contributed by atoms with Gasteiger partial charge in [0.25, 0.3) is 0 Å².